The Balaban J connectivity index is 0. The van der Waals surface area contributed by atoms with Gasteiger partial charge in [0.1, 0.15) is 5.78 Å². The molecule has 0 fully saturated rings. The quantitative estimate of drug-likeness (QED) is 0.361. The lowest BCUT2D eigenvalue weighted by molar-refractivity contribution is -0.118. The topological polar surface area (TPSA) is 46.2 Å². The minimum Gasteiger partial charge on any atom is -0.359 e. The highest BCUT2D eigenvalue weighted by atomic mass is 16.1. The van der Waals surface area contributed by atoms with Crippen molar-refractivity contribution in [2.45, 2.75) is 97.8 Å². The molecule has 0 bridgehead atoms. The normalized spacial score (nSPS) is 9.67. The Hall–Kier alpha value is -0.860. The molecule has 21 heavy (non-hydrogen) atoms. The molecule has 1 amide bonds. The van der Waals surface area contributed by atoms with E-state index in [0.29, 0.717) is 12.2 Å². The van der Waals surface area contributed by atoms with Gasteiger partial charge in [0.05, 0.1) is 0 Å². The molecular formula is C18H37NO2. The number of carbonyl (C=O) groups excluding carboxylic acids is 2. The van der Waals surface area contributed by atoms with Crippen LogP contribution in [0.3, 0.4) is 0 Å². The molecule has 0 aromatic rings. The number of hydrogen-bond acceptors (Lipinski definition) is 2. The third-order valence-electron chi connectivity index (χ3n) is 3.25. The van der Waals surface area contributed by atoms with Gasteiger partial charge >= 0.3 is 0 Å². The molecule has 126 valence electrons. The Morgan fingerprint density at radius 2 is 1.24 bits per heavy atom. The summed E-state index contributed by atoms with van der Waals surface area (Å²) in [6.07, 6.45) is 14.5. The number of nitrogens with one attached hydrogen (secondary N) is 1. The monoisotopic (exact) mass is 299 g/mol. The van der Waals surface area contributed by atoms with Gasteiger partial charge in [-0.2, -0.15) is 0 Å². The molecule has 0 aromatic carbocycles. The van der Waals surface area contributed by atoms with E-state index in [1.807, 2.05) is 6.92 Å². The summed E-state index contributed by atoms with van der Waals surface area (Å²) in [5.41, 5.74) is 0. The molecule has 3 heteroatoms. The second-order valence-electron chi connectivity index (χ2n) is 5.60. The number of rotatable bonds is 14. The van der Waals surface area contributed by atoms with Crippen LogP contribution in [0, 0.1) is 0 Å². The molecule has 0 aliphatic rings. The predicted molar refractivity (Wildman–Crippen MR) is 91.5 cm³/mol. The van der Waals surface area contributed by atoms with Crippen LogP contribution < -0.4 is 5.32 Å². The van der Waals surface area contributed by atoms with E-state index in [1.54, 1.807) is 0 Å². The van der Waals surface area contributed by atoms with Crippen molar-refractivity contribution in [3.63, 3.8) is 0 Å². The molecule has 0 saturated carbocycles. The lowest BCUT2D eigenvalue weighted by atomic mass is 10.0. The minimum absolute atomic E-state index is 0.402. The van der Waals surface area contributed by atoms with Crippen LogP contribution in [0.4, 0.5) is 0 Å². The van der Waals surface area contributed by atoms with Gasteiger partial charge in [-0.15, -0.1) is 0 Å². The first-order valence-corrected chi connectivity index (χ1v) is 8.91. The molecule has 0 aliphatic heterocycles. The number of hydrogen-bond donors (Lipinski definition) is 1. The van der Waals surface area contributed by atoms with Crippen LogP contribution in [0.25, 0.3) is 0 Å². The average molecular weight is 299 g/mol. The first kappa shape index (κ1) is 22.4. The zero-order valence-electron chi connectivity index (χ0n) is 14.6. The molecular weight excluding hydrogens is 262 g/mol. The van der Waals surface area contributed by atoms with Crippen LogP contribution >= 0.6 is 0 Å². The van der Waals surface area contributed by atoms with Gasteiger partial charge in [-0.1, -0.05) is 72.1 Å². The highest BCUT2D eigenvalue weighted by Crippen LogP contribution is 2.10. The first-order valence-electron chi connectivity index (χ1n) is 8.91. The second-order valence-corrected chi connectivity index (χ2v) is 5.60. The molecule has 0 radical (unpaired) electrons. The zero-order valence-corrected chi connectivity index (χ0v) is 14.6. The van der Waals surface area contributed by atoms with Crippen LogP contribution in [0.1, 0.15) is 97.8 Å². The Labute approximate surface area is 132 Å². The molecule has 0 aliphatic carbocycles. The number of unbranched alkanes of at least 4 members (excludes halogenated alkanes) is 8. The lowest BCUT2D eigenvalue weighted by Crippen LogP contribution is -2.11. The van der Waals surface area contributed by atoms with Gasteiger partial charge < -0.3 is 5.32 Å². The van der Waals surface area contributed by atoms with Gasteiger partial charge in [0.15, 0.2) is 0 Å². The summed E-state index contributed by atoms with van der Waals surface area (Å²) in [6, 6.07) is 0. The van der Waals surface area contributed by atoms with Crippen LogP contribution in [-0.2, 0) is 9.59 Å². The molecule has 0 heterocycles. The van der Waals surface area contributed by atoms with E-state index < -0.39 is 0 Å². The van der Waals surface area contributed by atoms with E-state index >= 15 is 0 Å². The summed E-state index contributed by atoms with van der Waals surface area (Å²) < 4.78 is 0. The lowest BCUT2D eigenvalue weighted by Gasteiger charge is -2.02. The predicted octanol–water partition coefficient (Wildman–Crippen LogP) is 5.03. The summed E-state index contributed by atoms with van der Waals surface area (Å²) in [6.45, 7) is 7.00. The summed E-state index contributed by atoms with van der Waals surface area (Å²) in [5.74, 6) is 0.402. The van der Waals surface area contributed by atoms with E-state index in [-0.39, 0.29) is 0 Å². The highest BCUT2D eigenvalue weighted by Gasteiger charge is 1.97. The Morgan fingerprint density at radius 1 is 0.810 bits per heavy atom. The molecule has 3 nitrogen and oxygen atoms in total. The van der Waals surface area contributed by atoms with Crippen molar-refractivity contribution >= 4 is 12.2 Å². The van der Waals surface area contributed by atoms with Crippen LogP contribution in [0.5, 0.6) is 0 Å². The molecule has 0 aromatic heterocycles. The molecule has 0 unspecified atom stereocenters. The van der Waals surface area contributed by atoms with Gasteiger partial charge in [0.2, 0.25) is 6.41 Å². The number of ketones is 1. The van der Waals surface area contributed by atoms with Crippen molar-refractivity contribution in [2.24, 2.45) is 0 Å². The summed E-state index contributed by atoms with van der Waals surface area (Å²) >= 11 is 0. The third kappa shape index (κ3) is 24.5. The number of amides is 1. The maximum Gasteiger partial charge on any atom is 0.207 e. The van der Waals surface area contributed by atoms with Crippen molar-refractivity contribution in [3.05, 3.63) is 0 Å². The zero-order chi connectivity index (χ0) is 16.2. The van der Waals surface area contributed by atoms with Crippen molar-refractivity contribution in [2.75, 3.05) is 6.54 Å². The van der Waals surface area contributed by atoms with Crippen LogP contribution in [0.15, 0.2) is 0 Å². The van der Waals surface area contributed by atoms with Gasteiger partial charge in [-0.05, 0) is 12.8 Å². The molecule has 0 spiro atoms. The Morgan fingerprint density at radius 3 is 1.67 bits per heavy atom. The van der Waals surface area contributed by atoms with Gasteiger partial charge in [0.25, 0.3) is 0 Å². The van der Waals surface area contributed by atoms with E-state index in [1.165, 1.54) is 51.4 Å². The first-order chi connectivity index (χ1) is 10.2. The van der Waals surface area contributed by atoms with Crippen molar-refractivity contribution in [3.8, 4) is 0 Å². The average Bonchev–Trinajstić information content (AvgIpc) is 2.49. The van der Waals surface area contributed by atoms with Crippen molar-refractivity contribution < 1.29 is 9.59 Å². The maximum atomic E-state index is 11.1. The molecule has 0 atom stereocenters. The SMILES string of the molecule is CCC.CCC(=O)CCCCCCCCCCCNC=O. The highest BCUT2D eigenvalue weighted by molar-refractivity contribution is 5.77. The maximum absolute atomic E-state index is 11.1. The fourth-order valence-electron chi connectivity index (χ4n) is 2.02. The van der Waals surface area contributed by atoms with E-state index in [4.69, 9.17) is 0 Å². The van der Waals surface area contributed by atoms with Gasteiger partial charge in [0, 0.05) is 19.4 Å². The standard InChI is InChI=1S/C15H29NO2.C3H8/c1-2-15(18)12-10-8-6-4-3-5-7-9-11-13-16-14-17;1-3-2/h14H,2-13H2,1H3,(H,16,17);3H2,1-2H3. The molecule has 0 saturated heterocycles. The van der Waals surface area contributed by atoms with E-state index in [2.05, 4.69) is 19.2 Å². The van der Waals surface area contributed by atoms with Crippen molar-refractivity contribution in [1.29, 1.82) is 0 Å². The van der Waals surface area contributed by atoms with E-state index in [0.717, 1.165) is 32.2 Å². The van der Waals surface area contributed by atoms with Crippen molar-refractivity contribution in [1.82, 2.24) is 5.32 Å². The number of Topliss-reactive ketones (excluding diaryl/α,β-unsaturated/α-hetero) is 1. The third-order valence-corrected chi connectivity index (χ3v) is 3.25. The van der Waals surface area contributed by atoms with Crippen LogP contribution in [-0.4, -0.2) is 18.7 Å². The smallest absolute Gasteiger partial charge is 0.207 e. The summed E-state index contributed by atoms with van der Waals surface area (Å²) in [7, 11) is 0. The summed E-state index contributed by atoms with van der Waals surface area (Å²) in [5, 5.41) is 2.68. The molecule has 0 rings (SSSR count). The van der Waals surface area contributed by atoms with Gasteiger partial charge in [-0.3, -0.25) is 9.59 Å². The van der Waals surface area contributed by atoms with Crippen LogP contribution in [0.2, 0.25) is 0 Å². The Kier molecular flexibility index (Phi) is 22.9. The fraction of sp³-hybridized carbons (Fsp3) is 0.889. The van der Waals surface area contributed by atoms with Gasteiger partial charge in [-0.25, -0.2) is 0 Å². The largest absolute Gasteiger partial charge is 0.359 e. The number of carbonyl (C=O) groups is 2. The fourth-order valence-corrected chi connectivity index (χ4v) is 2.02. The second kappa shape index (κ2) is 21.4. The minimum atomic E-state index is 0.402. The summed E-state index contributed by atoms with van der Waals surface area (Å²) in [4.78, 5) is 21.1. The molecule has 1 N–H and O–H groups in total. The Bertz CT molecular complexity index is 217. The van der Waals surface area contributed by atoms with E-state index in [9.17, 15) is 9.59 Å².